The maximum atomic E-state index is 14.3. The van der Waals surface area contributed by atoms with Crippen LogP contribution < -0.4 is 19.3 Å². The van der Waals surface area contributed by atoms with Crippen molar-refractivity contribution in [1.29, 1.82) is 0 Å². The quantitative estimate of drug-likeness (QED) is 0.255. The zero-order valence-electron chi connectivity index (χ0n) is 20.6. The van der Waals surface area contributed by atoms with Crippen molar-refractivity contribution in [2.24, 2.45) is 0 Å². The summed E-state index contributed by atoms with van der Waals surface area (Å²) in [6, 6.07) is 31.9. The molecule has 0 N–H and O–H groups in total. The number of hydrogen-bond donors (Lipinski definition) is 0. The second-order valence-corrected chi connectivity index (χ2v) is 10.3. The summed E-state index contributed by atoms with van der Waals surface area (Å²) >= 11 is 3.52. The number of para-hydroxylation sites is 2. The Hall–Kier alpha value is -4.62. The van der Waals surface area contributed by atoms with Gasteiger partial charge in [-0.05, 0) is 65.7 Å². The molecule has 0 aliphatic carbocycles. The molecule has 0 saturated carbocycles. The summed E-state index contributed by atoms with van der Waals surface area (Å²) in [7, 11) is 0. The van der Waals surface area contributed by atoms with Crippen LogP contribution in [-0.4, -0.2) is 18.6 Å². The van der Waals surface area contributed by atoms with Gasteiger partial charge in [-0.15, -0.1) is 0 Å². The molecule has 0 spiro atoms. The first-order valence-corrected chi connectivity index (χ1v) is 13.3. The zero-order chi connectivity index (χ0) is 26.5. The SMILES string of the molecule is O=C1/C(=C/c2ccc3c(c2)OCO3)C2=C(C(=O)N(c3ccccc3)[C@H]2c2ccc(Br)cc2)N1c1ccccc1. The van der Waals surface area contributed by atoms with Gasteiger partial charge in [0, 0.05) is 27.0 Å². The molecule has 3 aliphatic rings. The molecule has 0 radical (unpaired) electrons. The van der Waals surface area contributed by atoms with E-state index in [4.69, 9.17) is 9.47 Å². The number of amides is 2. The van der Waals surface area contributed by atoms with Gasteiger partial charge in [0.1, 0.15) is 5.70 Å². The number of carbonyl (C=O) groups is 2. The van der Waals surface area contributed by atoms with E-state index >= 15 is 0 Å². The fraction of sp³-hybridized carbons (Fsp3) is 0.0625. The van der Waals surface area contributed by atoms with Crippen LogP contribution in [0.4, 0.5) is 11.4 Å². The Morgan fingerprint density at radius 1 is 0.744 bits per heavy atom. The lowest BCUT2D eigenvalue weighted by molar-refractivity contribution is -0.118. The van der Waals surface area contributed by atoms with Gasteiger partial charge in [-0.2, -0.15) is 0 Å². The Kier molecular flexibility index (Phi) is 5.60. The second kappa shape index (κ2) is 9.29. The van der Waals surface area contributed by atoms with Crippen LogP contribution in [0.3, 0.4) is 0 Å². The minimum Gasteiger partial charge on any atom is -0.454 e. The van der Waals surface area contributed by atoms with Crippen molar-refractivity contribution in [3.63, 3.8) is 0 Å². The third kappa shape index (κ3) is 3.85. The predicted octanol–water partition coefficient (Wildman–Crippen LogP) is 6.65. The molecule has 4 aromatic carbocycles. The first-order chi connectivity index (χ1) is 19.1. The fourth-order valence-electron chi connectivity index (χ4n) is 5.38. The number of anilines is 2. The van der Waals surface area contributed by atoms with Crippen molar-refractivity contribution < 1.29 is 19.1 Å². The molecule has 2 amide bonds. The van der Waals surface area contributed by atoms with Gasteiger partial charge in [0.2, 0.25) is 6.79 Å². The lowest BCUT2D eigenvalue weighted by Crippen LogP contribution is -2.38. The van der Waals surface area contributed by atoms with Crippen molar-refractivity contribution >= 4 is 45.2 Å². The van der Waals surface area contributed by atoms with E-state index in [9.17, 15) is 9.59 Å². The highest BCUT2D eigenvalue weighted by Gasteiger charge is 2.52. The number of benzene rings is 4. The lowest BCUT2D eigenvalue weighted by atomic mass is 9.93. The third-order valence-electron chi connectivity index (χ3n) is 7.10. The maximum Gasteiger partial charge on any atom is 0.276 e. The number of rotatable bonds is 4. The van der Waals surface area contributed by atoms with E-state index in [0.717, 1.165) is 21.3 Å². The number of nitrogens with zero attached hydrogens (tertiary/aromatic N) is 2. The number of fused-ring (bicyclic) bond motifs is 1. The van der Waals surface area contributed by atoms with E-state index in [1.54, 1.807) is 9.80 Å². The molecule has 3 aliphatic heterocycles. The van der Waals surface area contributed by atoms with E-state index in [0.29, 0.717) is 34.0 Å². The van der Waals surface area contributed by atoms with Gasteiger partial charge < -0.3 is 9.47 Å². The van der Waals surface area contributed by atoms with Crippen LogP contribution >= 0.6 is 15.9 Å². The summed E-state index contributed by atoms with van der Waals surface area (Å²) < 4.78 is 12.0. The third-order valence-corrected chi connectivity index (χ3v) is 7.63. The maximum absolute atomic E-state index is 14.3. The van der Waals surface area contributed by atoms with Crippen LogP contribution in [0, 0.1) is 0 Å². The molecule has 0 fully saturated rings. The van der Waals surface area contributed by atoms with E-state index in [2.05, 4.69) is 15.9 Å². The van der Waals surface area contributed by atoms with E-state index in [1.807, 2.05) is 109 Å². The predicted molar refractivity (Wildman–Crippen MR) is 152 cm³/mol. The average molecular weight is 577 g/mol. The average Bonchev–Trinajstić information content (AvgIpc) is 3.63. The molecule has 0 aromatic heterocycles. The highest BCUT2D eigenvalue weighted by molar-refractivity contribution is 9.10. The van der Waals surface area contributed by atoms with E-state index < -0.39 is 6.04 Å². The lowest BCUT2D eigenvalue weighted by Gasteiger charge is -2.30. The fourth-order valence-corrected chi connectivity index (χ4v) is 5.65. The molecule has 0 bridgehead atoms. The molecule has 3 heterocycles. The van der Waals surface area contributed by atoms with Gasteiger partial charge in [0.25, 0.3) is 11.8 Å². The molecular weight excluding hydrogens is 556 g/mol. The Morgan fingerprint density at radius 2 is 1.41 bits per heavy atom. The molecule has 1 atom stereocenters. The van der Waals surface area contributed by atoms with Crippen molar-refractivity contribution in [3.8, 4) is 11.5 Å². The second-order valence-electron chi connectivity index (χ2n) is 9.37. The van der Waals surface area contributed by atoms with Crippen molar-refractivity contribution in [1.82, 2.24) is 0 Å². The van der Waals surface area contributed by atoms with Gasteiger partial charge in [-0.3, -0.25) is 19.4 Å². The number of ether oxygens (including phenoxy) is 2. The molecule has 190 valence electrons. The molecule has 0 unspecified atom stereocenters. The van der Waals surface area contributed by atoms with E-state index in [-0.39, 0.29) is 18.6 Å². The van der Waals surface area contributed by atoms with Gasteiger partial charge in [-0.25, -0.2) is 0 Å². The summed E-state index contributed by atoms with van der Waals surface area (Å²) in [4.78, 5) is 31.8. The van der Waals surface area contributed by atoms with Crippen molar-refractivity contribution in [3.05, 3.63) is 136 Å². The van der Waals surface area contributed by atoms with Gasteiger partial charge in [0.15, 0.2) is 11.5 Å². The van der Waals surface area contributed by atoms with Crippen LogP contribution in [-0.2, 0) is 9.59 Å². The zero-order valence-corrected chi connectivity index (χ0v) is 22.2. The Labute approximate surface area is 233 Å². The highest BCUT2D eigenvalue weighted by Crippen LogP contribution is 2.51. The van der Waals surface area contributed by atoms with Crippen LogP contribution in [0.15, 0.2) is 124 Å². The number of hydrogen-bond acceptors (Lipinski definition) is 4. The Balaban J connectivity index is 1.46. The largest absolute Gasteiger partial charge is 0.454 e. The summed E-state index contributed by atoms with van der Waals surface area (Å²) in [5.74, 6) is 0.823. The summed E-state index contributed by atoms with van der Waals surface area (Å²) in [6.45, 7) is 0.164. The minimum atomic E-state index is -0.499. The summed E-state index contributed by atoms with van der Waals surface area (Å²) in [5.41, 5.74) is 4.60. The normalized spacial score (nSPS) is 18.9. The van der Waals surface area contributed by atoms with Crippen molar-refractivity contribution in [2.75, 3.05) is 16.6 Å². The monoisotopic (exact) mass is 576 g/mol. The summed E-state index contributed by atoms with van der Waals surface area (Å²) in [5, 5.41) is 0. The van der Waals surface area contributed by atoms with E-state index in [1.165, 1.54) is 0 Å². The first-order valence-electron chi connectivity index (χ1n) is 12.5. The molecular formula is C32H21BrN2O4. The number of carbonyl (C=O) groups excluding carboxylic acids is 2. The molecule has 0 saturated heterocycles. The highest BCUT2D eigenvalue weighted by atomic mass is 79.9. The first kappa shape index (κ1) is 23.5. The topological polar surface area (TPSA) is 59.1 Å². The van der Waals surface area contributed by atoms with Crippen LogP contribution in [0.25, 0.3) is 6.08 Å². The van der Waals surface area contributed by atoms with Crippen molar-refractivity contribution in [2.45, 2.75) is 6.04 Å². The van der Waals surface area contributed by atoms with Gasteiger partial charge in [0.05, 0.1) is 6.04 Å². The molecule has 4 aromatic rings. The molecule has 7 rings (SSSR count). The number of halogens is 1. The molecule has 6 nitrogen and oxygen atoms in total. The molecule has 7 heteroatoms. The summed E-state index contributed by atoms with van der Waals surface area (Å²) in [6.07, 6.45) is 1.84. The van der Waals surface area contributed by atoms with Gasteiger partial charge >= 0.3 is 0 Å². The van der Waals surface area contributed by atoms with Crippen LogP contribution in [0.5, 0.6) is 11.5 Å². The molecule has 39 heavy (non-hydrogen) atoms. The Morgan fingerprint density at radius 3 is 2.13 bits per heavy atom. The van der Waals surface area contributed by atoms with Crippen LogP contribution in [0.1, 0.15) is 17.2 Å². The minimum absolute atomic E-state index is 0.164. The Bertz CT molecular complexity index is 1680. The smallest absolute Gasteiger partial charge is 0.276 e. The standard InChI is InChI=1S/C32H21BrN2O4/c33-22-14-12-21(13-15-22)29-28-25(17-20-11-16-26-27(18-20)39-19-38-26)31(36)35(24-9-5-2-6-10-24)30(28)32(37)34(29)23-7-3-1-4-8-23/h1-18,29H,19H2/b25-17+/t29-/m0/s1. The van der Waals surface area contributed by atoms with Gasteiger partial charge in [-0.1, -0.05) is 70.5 Å². The van der Waals surface area contributed by atoms with Crippen LogP contribution in [0.2, 0.25) is 0 Å².